The first-order chi connectivity index (χ1) is 19.5. The molecule has 0 bridgehead atoms. The van der Waals surface area contributed by atoms with Gasteiger partial charge >= 0.3 is 0 Å². The van der Waals surface area contributed by atoms with Gasteiger partial charge in [-0.05, 0) is 61.7 Å². The van der Waals surface area contributed by atoms with E-state index in [4.69, 9.17) is 9.47 Å². The highest BCUT2D eigenvalue weighted by molar-refractivity contribution is 7.92. The molecule has 220 valence electrons. The molecule has 0 aliphatic carbocycles. The molecule has 0 aliphatic heterocycles. The van der Waals surface area contributed by atoms with Crippen LogP contribution in [-0.2, 0) is 26.2 Å². The number of aryl methyl sites for hydroxylation is 1. The lowest BCUT2D eigenvalue weighted by atomic mass is 10.1. The molecule has 1 atom stereocenters. The molecule has 0 heterocycles. The Kier molecular flexibility index (Phi) is 10.8. The number of ether oxygens (including phenoxy) is 2. The van der Waals surface area contributed by atoms with Crippen molar-refractivity contribution in [3.63, 3.8) is 0 Å². The van der Waals surface area contributed by atoms with Crippen molar-refractivity contribution in [3.8, 4) is 11.5 Å². The van der Waals surface area contributed by atoms with E-state index in [0.29, 0.717) is 18.0 Å². The van der Waals surface area contributed by atoms with Crippen LogP contribution >= 0.6 is 0 Å². The number of hydrogen-bond acceptors (Lipinski definition) is 6. The summed E-state index contributed by atoms with van der Waals surface area (Å²) in [5, 5.41) is 2.88. The van der Waals surface area contributed by atoms with Crippen molar-refractivity contribution >= 4 is 27.5 Å². The first-order valence-electron chi connectivity index (χ1n) is 13.4. The molecular weight excluding hydrogens is 542 g/mol. The van der Waals surface area contributed by atoms with Gasteiger partial charge in [-0.3, -0.25) is 13.9 Å². The zero-order chi connectivity index (χ0) is 30.2. The smallest absolute Gasteiger partial charge is 0.264 e. The number of rotatable bonds is 13. The van der Waals surface area contributed by atoms with E-state index in [9.17, 15) is 18.0 Å². The van der Waals surface area contributed by atoms with Gasteiger partial charge in [-0.25, -0.2) is 8.42 Å². The number of carbonyl (C=O) groups excluding carboxylic acids is 2. The second-order valence-corrected chi connectivity index (χ2v) is 12.1. The van der Waals surface area contributed by atoms with E-state index in [0.717, 1.165) is 15.4 Å². The fraction of sp³-hybridized carbons (Fsp3) is 0.355. The maximum Gasteiger partial charge on any atom is 0.264 e. The Bertz CT molecular complexity index is 1420. The minimum absolute atomic E-state index is 0.0446. The Hall–Kier alpha value is -4.05. The maximum atomic E-state index is 14.0. The molecule has 3 aromatic carbocycles. The van der Waals surface area contributed by atoms with Gasteiger partial charge in [0.2, 0.25) is 11.8 Å². The van der Waals surface area contributed by atoms with Gasteiger partial charge < -0.3 is 19.7 Å². The molecule has 10 heteroatoms. The van der Waals surface area contributed by atoms with E-state index < -0.39 is 28.5 Å². The van der Waals surface area contributed by atoms with Gasteiger partial charge in [-0.2, -0.15) is 0 Å². The lowest BCUT2D eigenvalue weighted by molar-refractivity contribution is -0.139. The summed E-state index contributed by atoms with van der Waals surface area (Å²) in [6, 6.07) is 19.2. The molecular formula is C31H39N3O6S. The van der Waals surface area contributed by atoms with E-state index in [1.54, 1.807) is 74.7 Å². The van der Waals surface area contributed by atoms with E-state index in [2.05, 4.69) is 5.32 Å². The summed E-state index contributed by atoms with van der Waals surface area (Å²) in [7, 11) is -1.11. The zero-order valence-corrected chi connectivity index (χ0v) is 25.3. The molecule has 0 aliphatic rings. The number of methoxy groups -OCH3 is 2. The summed E-state index contributed by atoms with van der Waals surface area (Å²) in [5.74, 6) is 0.458. The van der Waals surface area contributed by atoms with Crippen LogP contribution in [0.3, 0.4) is 0 Å². The molecule has 1 N–H and O–H groups in total. The number of nitrogens with one attached hydrogen (secondary N) is 1. The summed E-state index contributed by atoms with van der Waals surface area (Å²) in [6.45, 7) is 7.48. The van der Waals surface area contributed by atoms with E-state index >= 15 is 0 Å². The van der Waals surface area contributed by atoms with Crippen molar-refractivity contribution in [2.24, 2.45) is 5.92 Å². The Morgan fingerprint density at radius 1 is 0.878 bits per heavy atom. The predicted octanol–water partition coefficient (Wildman–Crippen LogP) is 4.40. The van der Waals surface area contributed by atoms with Crippen molar-refractivity contribution in [2.45, 2.75) is 45.2 Å². The monoisotopic (exact) mass is 581 g/mol. The van der Waals surface area contributed by atoms with Crippen LogP contribution in [0, 0.1) is 12.8 Å². The third-order valence-corrected chi connectivity index (χ3v) is 8.38. The second kappa shape index (κ2) is 14.0. The Morgan fingerprint density at radius 3 is 2.10 bits per heavy atom. The van der Waals surface area contributed by atoms with E-state index in [1.807, 2.05) is 20.8 Å². The van der Waals surface area contributed by atoms with Crippen molar-refractivity contribution < 1.29 is 27.5 Å². The highest BCUT2D eigenvalue weighted by atomic mass is 32.2. The second-order valence-electron chi connectivity index (χ2n) is 10.2. The molecule has 0 saturated carbocycles. The quantitative estimate of drug-likeness (QED) is 0.321. The topological polar surface area (TPSA) is 105 Å². The van der Waals surface area contributed by atoms with Crippen LogP contribution in [0.1, 0.15) is 31.9 Å². The molecule has 0 radical (unpaired) electrons. The Balaban J connectivity index is 2.02. The fourth-order valence-corrected chi connectivity index (χ4v) is 5.50. The number of hydrogen-bond donors (Lipinski definition) is 1. The minimum Gasteiger partial charge on any atom is -0.497 e. The largest absolute Gasteiger partial charge is 0.497 e. The first-order valence-corrected chi connectivity index (χ1v) is 14.8. The average Bonchev–Trinajstić information content (AvgIpc) is 2.97. The number of anilines is 1. The van der Waals surface area contributed by atoms with E-state index in [-0.39, 0.29) is 29.0 Å². The molecule has 9 nitrogen and oxygen atoms in total. The predicted molar refractivity (Wildman–Crippen MR) is 160 cm³/mol. The van der Waals surface area contributed by atoms with Crippen molar-refractivity contribution in [1.82, 2.24) is 10.2 Å². The first kappa shape index (κ1) is 31.5. The van der Waals surface area contributed by atoms with Gasteiger partial charge in [-0.1, -0.05) is 49.7 Å². The van der Waals surface area contributed by atoms with Gasteiger partial charge in [0.1, 0.15) is 24.1 Å². The van der Waals surface area contributed by atoms with Gasteiger partial charge in [0.15, 0.2) is 0 Å². The van der Waals surface area contributed by atoms with Crippen LogP contribution in [0.4, 0.5) is 5.69 Å². The van der Waals surface area contributed by atoms with E-state index in [1.165, 1.54) is 24.1 Å². The average molecular weight is 582 g/mol. The summed E-state index contributed by atoms with van der Waals surface area (Å²) in [6.07, 6.45) is 0. The van der Waals surface area contributed by atoms with Crippen molar-refractivity contribution in [3.05, 3.63) is 83.9 Å². The number of amides is 2. The molecule has 0 spiro atoms. The molecule has 0 aromatic heterocycles. The minimum atomic E-state index is -4.16. The van der Waals surface area contributed by atoms with Crippen LogP contribution in [0.2, 0.25) is 0 Å². The van der Waals surface area contributed by atoms with Gasteiger partial charge in [-0.15, -0.1) is 0 Å². The molecule has 3 rings (SSSR count). The maximum absolute atomic E-state index is 14.0. The number of sulfonamides is 1. The number of benzene rings is 3. The summed E-state index contributed by atoms with van der Waals surface area (Å²) in [4.78, 5) is 28.6. The third-order valence-electron chi connectivity index (χ3n) is 6.59. The summed E-state index contributed by atoms with van der Waals surface area (Å²) in [5.41, 5.74) is 1.93. The molecule has 2 amide bonds. The summed E-state index contributed by atoms with van der Waals surface area (Å²) < 4.78 is 39.5. The standard InChI is InChI=1S/C31H39N3O6S/c1-22(2)19-32-31(36)24(4)33(20-25-12-14-27(39-5)15-13-25)30(35)21-34(26-8-7-9-28(18-26)40-6)41(37,38)29-16-10-23(3)11-17-29/h7-18,22,24H,19-21H2,1-6H3,(H,32,36). The molecule has 0 fully saturated rings. The fourth-order valence-electron chi connectivity index (χ4n) is 4.09. The molecule has 1 unspecified atom stereocenters. The van der Waals surface area contributed by atoms with Crippen molar-refractivity contribution in [2.75, 3.05) is 31.6 Å². The Labute approximate surface area is 243 Å². The van der Waals surface area contributed by atoms with Gasteiger partial charge in [0.25, 0.3) is 10.0 Å². The summed E-state index contributed by atoms with van der Waals surface area (Å²) >= 11 is 0. The van der Waals surface area contributed by atoms with Crippen LogP contribution in [0.25, 0.3) is 0 Å². The lowest BCUT2D eigenvalue weighted by Gasteiger charge is -2.32. The molecule has 0 saturated heterocycles. The van der Waals surface area contributed by atoms with Gasteiger partial charge in [0.05, 0.1) is 24.8 Å². The zero-order valence-electron chi connectivity index (χ0n) is 24.5. The Morgan fingerprint density at radius 2 is 1.51 bits per heavy atom. The number of carbonyl (C=O) groups is 2. The van der Waals surface area contributed by atoms with Crippen LogP contribution in [-0.4, -0.2) is 58.5 Å². The lowest BCUT2D eigenvalue weighted by Crippen LogP contribution is -2.51. The normalized spacial score (nSPS) is 12.0. The number of nitrogens with zero attached hydrogens (tertiary/aromatic N) is 2. The highest BCUT2D eigenvalue weighted by Gasteiger charge is 2.32. The SMILES string of the molecule is COc1ccc(CN(C(=O)CN(c2cccc(OC)c2)S(=O)(=O)c2ccc(C)cc2)C(C)C(=O)NCC(C)C)cc1. The highest BCUT2D eigenvalue weighted by Crippen LogP contribution is 2.28. The van der Waals surface area contributed by atoms with Crippen LogP contribution in [0.5, 0.6) is 11.5 Å². The van der Waals surface area contributed by atoms with Crippen LogP contribution < -0.4 is 19.1 Å². The van der Waals surface area contributed by atoms with Gasteiger partial charge in [0, 0.05) is 19.2 Å². The molecule has 41 heavy (non-hydrogen) atoms. The van der Waals surface area contributed by atoms with Crippen LogP contribution in [0.15, 0.2) is 77.7 Å². The van der Waals surface area contributed by atoms with Crippen molar-refractivity contribution in [1.29, 1.82) is 0 Å². The third kappa shape index (κ3) is 8.23. The molecule has 3 aromatic rings.